The number of hydrogen-bond acceptors (Lipinski definition) is 8. The molecule has 1 amide bonds. The molecule has 0 aromatic heterocycles. The van der Waals surface area contributed by atoms with Crippen LogP contribution in [0.5, 0.6) is 23.0 Å². The minimum absolute atomic E-state index is 0.0529. The highest BCUT2D eigenvalue weighted by Gasteiger charge is 2.42. The topological polar surface area (TPSA) is 72.5 Å². The van der Waals surface area contributed by atoms with Crippen LogP contribution in [-0.2, 0) is 17.6 Å². The summed E-state index contributed by atoms with van der Waals surface area (Å²) in [6.45, 7) is 5.23. The molecule has 262 valence electrons. The van der Waals surface area contributed by atoms with Crippen molar-refractivity contribution in [1.82, 2.24) is 9.80 Å². The zero-order chi connectivity index (χ0) is 34.7. The lowest BCUT2D eigenvalue weighted by Crippen LogP contribution is -2.47. The van der Waals surface area contributed by atoms with E-state index in [1.54, 1.807) is 28.4 Å². The Morgan fingerprint density at radius 1 is 0.878 bits per heavy atom. The van der Waals surface area contributed by atoms with Crippen LogP contribution in [0, 0.1) is 11.8 Å². The van der Waals surface area contributed by atoms with Crippen LogP contribution in [0.4, 0.5) is 5.69 Å². The van der Waals surface area contributed by atoms with Gasteiger partial charge in [-0.25, -0.2) is 0 Å². The normalized spacial score (nSPS) is 21.6. The largest absolute Gasteiger partial charge is 0.493 e. The lowest BCUT2D eigenvalue weighted by Gasteiger charge is -2.49. The molecular weight excluding hydrogens is 722 g/mol. The fraction of sp³-hybridized carbons (Fsp3) is 0.474. The van der Waals surface area contributed by atoms with Gasteiger partial charge in [0.15, 0.2) is 23.0 Å². The quantitative estimate of drug-likeness (QED) is 0.206. The number of fused-ring (bicyclic) bond motifs is 4. The van der Waals surface area contributed by atoms with Gasteiger partial charge in [-0.3, -0.25) is 9.69 Å². The molecule has 0 bridgehead atoms. The first-order chi connectivity index (χ1) is 23.8. The summed E-state index contributed by atoms with van der Waals surface area (Å²) in [6.07, 6.45) is 4.99. The van der Waals surface area contributed by atoms with Crippen LogP contribution in [-0.4, -0.2) is 73.9 Å². The number of methoxy groups -OCH3 is 4. The Morgan fingerprint density at radius 3 is 2.10 bits per heavy atom. The van der Waals surface area contributed by atoms with Gasteiger partial charge in [0.05, 0.1) is 40.2 Å². The second-order valence-electron chi connectivity index (χ2n) is 13.0. The van der Waals surface area contributed by atoms with E-state index in [4.69, 9.17) is 31.2 Å². The number of amides is 1. The van der Waals surface area contributed by atoms with Gasteiger partial charge < -0.3 is 29.2 Å². The minimum atomic E-state index is -0.0727. The third-order valence-corrected chi connectivity index (χ3v) is 12.5. The van der Waals surface area contributed by atoms with Crippen molar-refractivity contribution >= 4 is 55.8 Å². The first-order valence-electron chi connectivity index (χ1n) is 17.0. The van der Waals surface area contributed by atoms with E-state index >= 15 is 0 Å². The second kappa shape index (κ2) is 15.9. The molecule has 1 unspecified atom stereocenters. The Labute approximate surface area is 308 Å². The lowest BCUT2D eigenvalue weighted by molar-refractivity contribution is -0.113. The van der Waals surface area contributed by atoms with Crippen molar-refractivity contribution in [2.24, 2.45) is 11.8 Å². The maximum absolute atomic E-state index is 13.0. The van der Waals surface area contributed by atoms with Gasteiger partial charge in [-0.1, -0.05) is 53.3 Å². The molecule has 1 N–H and O–H groups in total. The van der Waals surface area contributed by atoms with Gasteiger partial charge in [0, 0.05) is 35.8 Å². The number of anilines is 1. The number of carbonyl (C=O) groups excluding carboxylic acids is 1. The van der Waals surface area contributed by atoms with E-state index in [1.807, 2.05) is 24.3 Å². The molecule has 0 radical (unpaired) electrons. The number of nitrogens with one attached hydrogen (secondary N) is 1. The van der Waals surface area contributed by atoms with Crippen LogP contribution >= 0.6 is 39.9 Å². The third-order valence-electron chi connectivity index (χ3n) is 10.5. The van der Waals surface area contributed by atoms with Gasteiger partial charge >= 0.3 is 0 Å². The van der Waals surface area contributed by atoms with E-state index in [-0.39, 0.29) is 17.7 Å². The number of ether oxygens (including phenoxy) is 4. The highest BCUT2D eigenvalue weighted by molar-refractivity contribution is 9.10. The number of halogens is 1. The monoisotopic (exact) mass is 767 g/mol. The van der Waals surface area contributed by atoms with E-state index < -0.39 is 0 Å². The summed E-state index contributed by atoms with van der Waals surface area (Å²) in [7, 11) is 6.80. The lowest BCUT2D eigenvalue weighted by atomic mass is 9.72. The predicted octanol–water partition coefficient (Wildman–Crippen LogP) is 8.08. The van der Waals surface area contributed by atoms with Gasteiger partial charge in [0.1, 0.15) is 4.32 Å². The van der Waals surface area contributed by atoms with Gasteiger partial charge in [-0.2, -0.15) is 0 Å². The number of carbonyl (C=O) groups is 1. The van der Waals surface area contributed by atoms with Crippen LogP contribution in [0.25, 0.3) is 0 Å². The summed E-state index contributed by atoms with van der Waals surface area (Å²) in [6, 6.07) is 16.7. The first kappa shape index (κ1) is 35.8. The van der Waals surface area contributed by atoms with Crippen LogP contribution in [0.2, 0.25) is 0 Å². The number of thiocarbonyl (C=S) groups is 1. The molecule has 0 saturated carbocycles. The van der Waals surface area contributed by atoms with Crippen molar-refractivity contribution in [2.75, 3.05) is 59.1 Å². The van der Waals surface area contributed by atoms with Gasteiger partial charge in [0.2, 0.25) is 5.91 Å². The summed E-state index contributed by atoms with van der Waals surface area (Å²) < 4.78 is 24.6. The van der Waals surface area contributed by atoms with E-state index in [9.17, 15) is 4.79 Å². The van der Waals surface area contributed by atoms with E-state index in [0.717, 1.165) is 89.2 Å². The molecule has 1 fully saturated rings. The summed E-state index contributed by atoms with van der Waals surface area (Å²) >= 11 is 11.0. The number of thioether (sulfide) groups is 1. The molecule has 4 atom stereocenters. The van der Waals surface area contributed by atoms with Crippen molar-refractivity contribution < 1.29 is 23.7 Å². The Hall–Kier alpha value is -2.99. The number of benzene rings is 3. The second-order valence-corrected chi connectivity index (χ2v) is 15.6. The Bertz CT molecular complexity index is 1670. The smallest absolute Gasteiger partial charge is 0.234 e. The number of piperidine rings is 1. The molecule has 49 heavy (non-hydrogen) atoms. The molecule has 3 aliphatic heterocycles. The molecule has 1 saturated heterocycles. The molecule has 3 heterocycles. The van der Waals surface area contributed by atoms with Crippen LogP contribution in [0.15, 0.2) is 53.0 Å². The van der Waals surface area contributed by atoms with Crippen LogP contribution in [0.1, 0.15) is 60.5 Å². The number of rotatable bonds is 10. The van der Waals surface area contributed by atoms with Crippen molar-refractivity contribution in [3.8, 4) is 23.0 Å². The Morgan fingerprint density at radius 2 is 1.47 bits per heavy atom. The first-order valence-corrected chi connectivity index (χ1v) is 19.2. The zero-order valence-corrected chi connectivity index (χ0v) is 32.1. The SMILES string of the molecule is CC[C@H]1CN2CCc3cc(OC)c(OC)cc3C2C[C@@H]1C[C@@H]1c2cc(OC)c(OC)cc2CCN1C(=S)SCC(=O)Nc1ccc(Br)cc1. The zero-order valence-electron chi connectivity index (χ0n) is 28.9. The molecule has 3 aromatic rings. The summed E-state index contributed by atoms with van der Waals surface area (Å²) in [5.74, 6) is 4.26. The minimum Gasteiger partial charge on any atom is -0.493 e. The summed E-state index contributed by atoms with van der Waals surface area (Å²) in [5, 5.41) is 3.00. The van der Waals surface area contributed by atoms with Crippen molar-refractivity contribution in [3.05, 3.63) is 75.3 Å². The van der Waals surface area contributed by atoms with E-state index in [1.165, 1.54) is 34.0 Å². The number of hydrogen-bond donors (Lipinski definition) is 1. The molecule has 3 aliphatic rings. The summed E-state index contributed by atoms with van der Waals surface area (Å²) in [5.41, 5.74) is 5.98. The van der Waals surface area contributed by atoms with Crippen LogP contribution < -0.4 is 24.3 Å². The van der Waals surface area contributed by atoms with E-state index in [0.29, 0.717) is 17.9 Å². The average molecular weight is 769 g/mol. The molecule has 0 aliphatic carbocycles. The fourth-order valence-electron chi connectivity index (χ4n) is 7.98. The maximum atomic E-state index is 13.0. The van der Waals surface area contributed by atoms with Gasteiger partial charge in [-0.15, -0.1) is 0 Å². The fourth-order valence-corrected chi connectivity index (χ4v) is 9.35. The molecule has 8 nitrogen and oxygen atoms in total. The number of nitrogens with zero attached hydrogens (tertiary/aromatic N) is 2. The van der Waals surface area contributed by atoms with E-state index in [2.05, 4.69) is 62.2 Å². The Kier molecular flexibility index (Phi) is 11.6. The molecule has 11 heteroatoms. The highest BCUT2D eigenvalue weighted by Crippen LogP contribution is 2.49. The van der Waals surface area contributed by atoms with Crippen LogP contribution in [0.3, 0.4) is 0 Å². The molecular formula is C38H46BrN3O5S2. The van der Waals surface area contributed by atoms with Gasteiger partial charge in [-0.05, 0) is 108 Å². The standard InChI is InChI=1S/C38H46BrN3O5S2/c1-6-23-21-41-13-11-24-17-33(44-2)35(46-4)19-29(24)31(41)15-26(23)16-32-30-20-36(47-5)34(45-3)18-25(30)12-14-42(32)38(48)49-22-37(43)40-28-9-7-27(39)8-10-28/h7-10,17-20,23,26,31-32H,6,11-16,21-22H2,1-5H3,(H,40,43)/t23-,26+,31?,32+/m0/s1. The maximum Gasteiger partial charge on any atom is 0.234 e. The Balaban J connectivity index is 1.27. The van der Waals surface area contributed by atoms with Crippen molar-refractivity contribution in [2.45, 2.75) is 51.1 Å². The third kappa shape index (κ3) is 7.70. The molecule has 0 spiro atoms. The van der Waals surface area contributed by atoms with Crippen molar-refractivity contribution in [3.63, 3.8) is 0 Å². The predicted molar refractivity (Wildman–Crippen MR) is 205 cm³/mol. The van der Waals surface area contributed by atoms with Crippen molar-refractivity contribution in [1.29, 1.82) is 0 Å². The highest BCUT2D eigenvalue weighted by atomic mass is 79.9. The molecule has 3 aromatic carbocycles. The summed E-state index contributed by atoms with van der Waals surface area (Å²) in [4.78, 5) is 18.0. The molecule has 6 rings (SSSR count). The average Bonchev–Trinajstić information content (AvgIpc) is 3.13. The van der Waals surface area contributed by atoms with Gasteiger partial charge in [0.25, 0.3) is 0 Å².